The Kier molecular flexibility index (Phi) is 5.24. The molecular weight excluding hydrogens is 391 g/mol. The number of hydrogen-bond acceptors (Lipinski definition) is 5. The van der Waals surface area contributed by atoms with E-state index >= 15 is 0 Å². The summed E-state index contributed by atoms with van der Waals surface area (Å²) in [4.78, 5) is 11.2. The molecule has 5 nitrogen and oxygen atoms in total. The van der Waals surface area contributed by atoms with Gasteiger partial charge in [-0.25, -0.2) is 17.6 Å². The second kappa shape index (κ2) is 6.60. The molecule has 0 N–H and O–H groups in total. The van der Waals surface area contributed by atoms with Gasteiger partial charge in [0.25, 0.3) is 9.05 Å². The van der Waals surface area contributed by atoms with E-state index in [1.807, 2.05) is 0 Å². The molecule has 1 aromatic rings. The van der Waals surface area contributed by atoms with E-state index in [1.54, 1.807) is 0 Å². The zero-order valence-electron chi connectivity index (χ0n) is 10.6. The molecule has 116 valence electrons. The van der Waals surface area contributed by atoms with E-state index in [9.17, 15) is 17.6 Å². The van der Waals surface area contributed by atoms with Gasteiger partial charge in [-0.3, -0.25) is 0 Å². The van der Waals surface area contributed by atoms with Crippen LogP contribution in [0.3, 0.4) is 0 Å². The first kappa shape index (κ1) is 16.7. The first-order valence-electron chi connectivity index (χ1n) is 5.97. The Morgan fingerprint density at radius 2 is 2.24 bits per heavy atom. The molecule has 0 saturated carbocycles. The summed E-state index contributed by atoms with van der Waals surface area (Å²) in [6.07, 6.45) is 0.791. The minimum absolute atomic E-state index is 0.0942. The molecule has 1 aliphatic rings. The lowest BCUT2D eigenvalue weighted by atomic mass is 10.1. The fourth-order valence-corrected chi connectivity index (χ4v) is 3.24. The van der Waals surface area contributed by atoms with Gasteiger partial charge in [-0.05, 0) is 34.5 Å². The molecule has 1 aromatic carbocycles. The average Bonchev–Trinajstić information content (AvgIpc) is 2.87. The highest BCUT2D eigenvalue weighted by Crippen LogP contribution is 2.27. The van der Waals surface area contributed by atoms with Gasteiger partial charge >= 0.3 is 5.97 Å². The van der Waals surface area contributed by atoms with Gasteiger partial charge in [0.1, 0.15) is 10.7 Å². The standard InChI is InChI=1S/C12H11BrClFO5S/c13-9-4-10(15)11(21(14,17)18)3-8(9)12(16)20-6-7-1-2-19-5-7/h3-4,7H,1-2,5-6H2. The molecule has 2 rings (SSSR count). The van der Waals surface area contributed by atoms with E-state index in [0.717, 1.165) is 18.6 Å². The van der Waals surface area contributed by atoms with Gasteiger partial charge in [0.15, 0.2) is 0 Å². The fourth-order valence-electron chi connectivity index (χ4n) is 1.86. The Bertz CT molecular complexity index is 658. The summed E-state index contributed by atoms with van der Waals surface area (Å²) < 4.78 is 46.4. The predicted molar refractivity (Wildman–Crippen MR) is 76.3 cm³/mol. The van der Waals surface area contributed by atoms with Crippen molar-refractivity contribution < 1.29 is 27.1 Å². The zero-order chi connectivity index (χ0) is 15.6. The molecule has 1 aliphatic heterocycles. The Morgan fingerprint density at radius 1 is 1.52 bits per heavy atom. The van der Waals surface area contributed by atoms with Crippen LogP contribution < -0.4 is 0 Å². The molecule has 1 heterocycles. The second-order valence-electron chi connectivity index (χ2n) is 4.53. The number of carbonyl (C=O) groups excluding carboxylic acids is 1. The van der Waals surface area contributed by atoms with Crippen LogP contribution in [-0.4, -0.2) is 34.2 Å². The van der Waals surface area contributed by atoms with E-state index in [2.05, 4.69) is 15.9 Å². The van der Waals surface area contributed by atoms with Gasteiger partial charge < -0.3 is 9.47 Å². The van der Waals surface area contributed by atoms with Gasteiger partial charge in [0.2, 0.25) is 0 Å². The normalized spacial score (nSPS) is 18.7. The molecule has 0 aliphatic carbocycles. The van der Waals surface area contributed by atoms with Crippen molar-refractivity contribution in [1.82, 2.24) is 0 Å². The van der Waals surface area contributed by atoms with Crippen molar-refractivity contribution in [2.24, 2.45) is 5.92 Å². The van der Waals surface area contributed by atoms with Crippen LogP contribution >= 0.6 is 26.6 Å². The molecule has 0 amide bonds. The average molecular weight is 402 g/mol. The zero-order valence-corrected chi connectivity index (χ0v) is 13.8. The molecule has 1 unspecified atom stereocenters. The van der Waals surface area contributed by atoms with Crippen LogP contribution in [0.15, 0.2) is 21.5 Å². The maximum Gasteiger partial charge on any atom is 0.339 e. The van der Waals surface area contributed by atoms with Crippen molar-refractivity contribution in [2.75, 3.05) is 19.8 Å². The third-order valence-electron chi connectivity index (χ3n) is 2.98. The molecule has 21 heavy (non-hydrogen) atoms. The maximum atomic E-state index is 13.6. The van der Waals surface area contributed by atoms with Crippen molar-refractivity contribution >= 4 is 41.6 Å². The summed E-state index contributed by atoms with van der Waals surface area (Å²) in [7, 11) is 0.834. The van der Waals surface area contributed by atoms with E-state index in [-0.39, 0.29) is 22.6 Å². The summed E-state index contributed by atoms with van der Waals surface area (Å²) in [6, 6.07) is 1.72. The van der Waals surface area contributed by atoms with Crippen LogP contribution in [0.25, 0.3) is 0 Å². The first-order chi connectivity index (χ1) is 9.79. The van der Waals surface area contributed by atoms with Crippen LogP contribution in [0.2, 0.25) is 0 Å². The first-order valence-corrected chi connectivity index (χ1v) is 9.08. The van der Waals surface area contributed by atoms with Crippen LogP contribution in [-0.2, 0) is 18.5 Å². The Morgan fingerprint density at radius 3 is 2.81 bits per heavy atom. The highest BCUT2D eigenvalue weighted by Gasteiger charge is 2.24. The number of halogens is 3. The molecular formula is C12H11BrClFO5S. The fraction of sp³-hybridized carbons (Fsp3) is 0.417. The minimum Gasteiger partial charge on any atom is -0.462 e. The van der Waals surface area contributed by atoms with Crippen LogP contribution in [0, 0.1) is 11.7 Å². The van der Waals surface area contributed by atoms with Gasteiger partial charge in [0.05, 0.1) is 18.8 Å². The number of rotatable bonds is 4. The van der Waals surface area contributed by atoms with Gasteiger partial charge in [-0.15, -0.1) is 0 Å². The third kappa shape index (κ3) is 4.15. The molecule has 9 heteroatoms. The lowest BCUT2D eigenvalue weighted by Gasteiger charge is -2.11. The van der Waals surface area contributed by atoms with Crippen molar-refractivity contribution in [1.29, 1.82) is 0 Å². The molecule has 1 atom stereocenters. The molecule has 1 fully saturated rings. The van der Waals surface area contributed by atoms with Gasteiger partial charge in [-0.2, -0.15) is 0 Å². The number of hydrogen-bond donors (Lipinski definition) is 0. The minimum atomic E-state index is -4.29. The molecule has 0 spiro atoms. The monoisotopic (exact) mass is 400 g/mol. The summed E-state index contributed by atoms with van der Waals surface area (Å²) in [5.41, 5.74) is -0.102. The van der Waals surface area contributed by atoms with Crippen LogP contribution in [0.5, 0.6) is 0 Å². The van der Waals surface area contributed by atoms with Crippen LogP contribution in [0.4, 0.5) is 4.39 Å². The quantitative estimate of drug-likeness (QED) is 0.573. The highest BCUT2D eigenvalue weighted by molar-refractivity contribution is 9.10. The van der Waals surface area contributed by atoms with Crippen molar-refractivity contribution in [2.45, 2.75) is 11.3 Å². The number of ether oxygens (including phenoxy) is 2. The Labute approximate surface area is 133 Å². The number of esters is 1. The third-order valence-corrected chi connectivity index (χ3v) is 4.97. The van der Waals surface area contributed by atoms with E-state index in [0.29, 0.717) is 13.2 Å². The number of carbonyl (C=O) groups is 1. The van der Waals surface area contributed by atoms with Gasteiger partial charge in [0, 0.05) is 27.7 Å². The molecule has 0 aromatic heterocycles. The van der Waals surface area contributed by atoms with Crippen LogP contribution in [0.1, 0.15) is 16.8 Å². The van der Waals surface area contributed by atoms with Gasteiger partial charge in [-0.1, -0.05) is 0 Å². The van der Waals surface area contributed by atoms with Crippen molar-refractivity contribution in [3.05, 3.63) is 28.0 Å². The molecule has 0 bridgehead atoms. The van der Waals surface area contributed by atoms with Crippen molar-refractivity contribution in [3.63, 3.8) is 0 Å². The lowest BCUT2D eigenvalue weighted by Crippen LogP contribution is -2.15. The summed E-state index contributed by atoms with van der Waals surface area (Å²) in [6.45, 7) is 1.29. The lowest BCUT2D eigenvalue weighted by molar-refractivity contribution is 0.0426. The topological polar surface area (TPSA) is 69.7 Å². The van der Waals surface area contributed by atoms with Crippen molar-refractivity contribution in [3.8, 4) is 0 Å². The SMILES string of the molecule is O=C(OCC1CCOC1)c1cc(S(=O)(=O)Cl)c(F)cc1Br. The van der Waals surface area contributed by atoms with E-state index < -0.39 is 25.7 Å². The smallest absolute Gasteiger partial charge is 0.339 e. The second-order valence-corrected chi connectivity index (χ2v) is 7.92. The molecule has 1 saturated heterocycles. The maximum absolute atomic E-state index is 13.6. The highest BCUT2D eigenvalue weighted by atomic mass is 79.9. The Balaban J connectivity index is 2.20. The van der Waals surface area contributed by atoms with E-state index in [1.165, 1.54) is 0 Å². The Hall–Kier alpha value is -0.700. The van der Waals surface area contributed by atoms with E-state index in [4.69, 9.17) is 20.2 Å². The predicted octanol–water partition coefficient (Wildman–Crippen LogP) is 2.71. The molecule has 0 radical (unpaired) electrons. The summed E-state index contributed by atoms with van der Waals surface area (Å²) in [5.74, 6) is -1.68. The summed E-state index contributed by atoms with van der Waals surface area (Å²) >= 11 is 3.00. The summed E-state index contributed by atoms with van der Waals surface area (Å²) in [5, 5.41) is 0. The number of benzene rings is 1. The largest absolute Gasteiger partial charge is 0.462 e.